The molecule has 1 unspecified atom stereocenters. The summed E-state index contributed by atoms with van der Waals surface area (Å²) < 4.78 is 17.3. The molecule has 5 rings (SSSR count). The average Bonchev–Trinajstić information content (AvgIpc) is 3.33. The molecule has 0 spiro atoms. The molecule has 1 atom stereocenters. The number of benzene rings is 3. The molecule has 3 aromatic carbocycles. The van der Waals surface area contributed by atoms with Gasteiger partial charge >= 0.3 is 0 Å². The van der Waals surface area contributed by atoms with Crippen LogP contribution < -0.4 is 21.1 Å². The molecule has 0 saturated carbocycles. The molecule has 2 amide bonds. The molecule has 8 heteroatoms. The maximum absolute atomic E-state index is 12.1. The van der Waals surface area contributed by atoms with E-state index in [0.29, 0.717) is 50.6 Å². The van der Waals surface area contributed by atoms with Crippen molar-refractivity contribution in [3.63, 3.8) is 0 Å². The van der Waals surface area contributed by atoms with Gasteiger partial charge in [0.15, 0.2) is 0 Å². The van der Waals surface area contributed by atoms with Gasteiger partial charge in [-0.3, -0.25) is 9.59 Å². The smallest absolute Gasteiger partial charge is 0.251 e. The lowest BCUT2D eigenvalue weighted by atomic mass is 9.89. The van der Waals surface area contributed by atoms with Crippen LogP contribution in [0.2, 0.25) is 0 Å². The van der Waals surface area contributed by atoms with E-state index in [-0.39, 0.29) is 17.7 Å². The molecule has 0 aliphatic carbocycles. The molecule has 0 radical (unpaired) electrons. The standard InChI is InChI=1S/C28H29N3O5/c29-21-5-1-18(2-6-21)28(33)30-11-12-34-13-14-35-22-7-8-23-19(15-22)3-9-25-27(23)24(17-36-25)20-4-10-26(32)31-16-20/h1-3,5-9,15,17,20H,4,10-14,16,29H2,(H,30,33)(H,31,32). The van der Waals surface area contributed by atoms with E-state index < -0.39 is 0 Å². The SMILES string of the molecule is Nc1ccc(C(=O)NCCOCCOc2ccc3c(ccc4occ(C5CCC(=O)NC5)c43)c2)cc1. The quantitative estimate of drug-likeness (QED) is 0.243. The van der Waals surface area contributed by atoms with Gasteiger partial charge in [-0.2, -0.15) is 0 Å². The van der Waals surface area contributed by atoms with Gasteiger partial charge in [-0.1, -0.05) is 6.07 Å². The number of piperidine rings is 1. The van der Waals surface area contributed by atoms with Crippen molar-refractivity contribution < 1.29 is 23.5 Å². The van der Waals surface area contributed by atoms with Gasteiger partial charge in [0.05, 0.1) is 19.5 Å². The van der Waals surface area contributed by atoms with E-state index in [1.54, 1.807) is 24.3 Å². The molecule has 186 valence electrons. The fourth-order valence-electron chi connectivity index (χ4n) is 4.55. The zero-order valence-corrected chi connectivity index (χ0v) is 19.9. The van der Waals surface area contributed by atoms with Crippen LogP contribution in [-0.4, -0.2) is 44.7 Å². The summed E-state index contributed by atoms with van der Waals surface area (Å²) >= 11 is 0. The molecule has 1 aromatic heterocycles. The number of anilines is 1. The first-order valence-corrected chi connectivity index (χ1v) is 12.1. The first-order valence-electron chi connectivity index (χ1n) is 12.1. The summed E-state index contributed by atoms with van der Waals surface area (Å²) in [5.41, 5.74) is 8.81. The summed E-state index contributed by atoms with van der Waals surface area (Å²) in [6.45, 7) is 2.25. The zero-order valence-electron chi connectivity index (χ0n) is 19.9. The topological polar surface area (TPSA) is 116 Å². The summed E-state index contributed by atoms with van der Waals surface area (Å²) in [5, 5.41) is 9.05. The number of nitrogens with one attached hydrogen (secondary N) is 2. The first-order chi connectivity index (χ1) is 17.6. The lowest BCUT2D eigenvalue weighted by Crippen LogP contribution is -2.33. The van der Waals surface area contributed by atoms with Crippen LogP contribution in [0.1, 0.15) is 34.7 Å². The minimum atomic E-state index is -0.158. The fourth-order valence-corrected chi connectivity index (χ4v) is 4.55. The summed E-state index contributed by atoms with van der Waals surface area (Å²) in [6.07, 6.45) is 3.19. The summed E-state index contributed by atoms with van der Waals surface area (Å²) in [6, 6.07) is 16.8. The number of nitrogens with two attached hydrogens (primary N) is 1. The summed E-state index contributed by atoms with van der Waals surface area (Å²) in [4.78, 5) is 23.6. The van der Waals surface area contributed by atoms with E-state index in [1.165, 1.54) is 0 Å². The number of hydrogen-bond acceptors (Lipinski definition) is 6. The average molecular weight is 488 g/mol. The van der Waals surface area contributed by atoms with Gasteiger partial charge in [0.1, 0.15) is 17.9 Å². The Morgan fingerprint density at radius 2 is 1.94 bits per heavy atom. The largest absolute Gasteiger partial charge is 0.491 e. The van der Waals surface area contributed by atoms with Crippen LogP contribution in [0.4, 0.5) is 5.69 Å². The molecule has 0 bridgehead atoms. The Labute approximate surface area is 208 Å². The maximum Gasteiger partial charge on any atom is 0.251 e. The Balaban J connectivity index is 1.12. The number of furan rings is 1. The number of fused-ring (bicyclic) bond motifs is 3. The van der Waals surface area contributed by atoms with Crippen molar-refractivity contribution in [1.82, 2.24) is 10.6 Å². The van der Waals surface area contributed by atoms with Gasteiger partial charge in [0.2, 0.25) is 5.91 Å². The van der Waals surface area contributed by atoms with E-state index in [9.17, 15) is 9.59 Å². The van der Waals surface area contributed by atoms with E-state index in [2.05, 4.69) is 16.7 Å². The van der Waals surface area contributed by atoms with Crippen LogP contribution in [0.3, 0.4) is 0 Å². The van der Waals surface area contributed by atoms with Gasteiger partial charge in [-0.05, 0) is 65.7 Å². The van der Waals surface area contributed by atoms with Crippen LogP contribution in [0.5, 0.6) is 5.75 Å². The predicted molar refractivity (Wildman–Crippen MR) is 138 cm³/mol. The van der Waals surface area contributed by atoms with E-state index in [0.717, 1.165) is 39.5 Å². The number of hydrogen-bond donors (Lipinski definition) is 3. The fraction of sp³-hybridized carbons (Fsp3) is 0.286. The Kier molecular flexibility index (Phi) is 7.04. The second-order valence-electron chi connectivity index (χ2n) is 8.89. The number of amides is 2. The number of rotatable bonds is 9. The van der Waals surface area contributed by atoms with Gasteiger partial charge in [-0.15, -0.1) is 0 Å². The number of carbonyl (C=O) groups is 2. The molecule has 36 heavy (non-hydrogen) atoms. The highest BCUT2D eigenvalue weighted by Gasteiger charge is 2.24. The van der Waals surface area contributed by atoms with Crippen LogP contribution in [0, 0.1) is 0 Å². The zero-order chi connectivity index (χ0) is 24.9. The second-order valence-corrected chi connectivity index (χ2v) is 8.89. The third-order valence-electron chi connectivity index (χ3n) is 6.46. The molecule has 1 saturated heterocycles. The third-order valence-corrected chi connectivity index (χ3v) is 6.46. The molecular formula is C28H29N3O5. The highest BCUT2D eigenvalue weighted by atomic mass is 16.5. The van der Waals surface area contributed by atoms with E-state index in [4.69, 9.17) is 19.6 Å². The van der Waals surface area contributed by atoms with Crippen molar-refractivity contribution in [3.05, 3.63) is 72.0 Å². The summed E-state index contributed by atoms with van der Waals surface area (Å²) in [5.74, 6) is 0.961. The lowest BCUT2D eigenvalue weighted by molar-refractivity contribution is -0.122. The first kappa shape index (κ1) is 23.7. The van der Waals surface area contributed by atoms with Gasteiger partial charge < -0.3 is 30.3 Å². The molecular weight excluding hydrogens is 458 g/mol. The van der Waals surface area contributed by atoms with Crippen LogP contribution in [0.25, 0.3) is 21.7 Å². The highest BCUT2D eigenvalue weighted by Crippen LogP contribution is 2.37. The Morgan fingerprint density at radius 1 is 1.08 bits per heavy atom. The monoisotopic (exact) mass is 487 g/mol. The maximum atomic E-state index is 12.1. The van der Waals surface area contributed by atoms with Crippen molar-refractivity contribution >= 4 is 39.2 Å². The van der Waals surface area contributed by atoms with Crippen molar-refractivity contribution in [2.24, 2.45) is 0 Å². The number of nitrogen functional groups attached to an aromatic ring is 1. The molecule has 2 heterocycles. The second kappa shape index (κ2) is 10.7. The molecule has 1 aliphatic heterocycles. The molecule has 4 aromatic rings. The van der Waals surface area contributed by atoms with Gasteiger partial charge in [0, 0.05) is 47.6 Å². The Hall–Kier alpha value is -4.04. The normalized spacial score (nSPS) is 15.7. The molecule has 4 N–H and O–H groups in total. The van der Waals surface area contributed by atoms with E-state index in [1.807, 2.05) is 30.5 Å². The summed E-state index contributed by atoms with van der Waals surface area (Å²) in [7, 11) is 0. The van der Waals surface area contributed by atoms with Crippen molar-refractivity contribution in [2.75, 3.05) is 38.6 Å². The molecule has 1 aliphatic rings. The van der Waals surface area contributed by atoms with Crippen molar-refractivity contribution in [1.29, 1.82) is 0 Å². The predicted octanol–water partition coefficient (Wildman–Crippen LogP) is 3.99. The number of ether oxygens (including phenoxy) is 2. The Morgan fingerprint density at radius 3 is 2.75 bits per heavy atom. The number of carbonyl (C=O) groups excluding carboxylic acids is 2. The van der Waals surface area contributed by atoms with Crippen LogP contribution >= 0.6 is 0 Å². The van der Waals surface area contributed by atoms with Crippen molar-refractivity contribution in [3.8, 4) is 5.75 Å². The minimum absolute atomic E-state index is 0.109. The van der Waals surface area contributed by atoms with Crippen molar-refractivity contribution in [2.45, 2.75) is 18.8 Å². The van der Waals surface area contributed by atoms with Gasteiger partial charge in [0.25, 0.3) is 5.91 Å². The molecule has 1 fully saturated rings. The molecule has 8 nitrogen and oxygen atoms in total. The van der Waals surface area contributed by atoms with Crippen LogP contribution in [0.15, 0.2) is 65.3 Å². The minimum Gasteiger partial charge on any atom is -0.491 e. The van der Waals surface area contributed by atoms with Crippen LogP contribution in [-0.2, 0) is 9.53 Å². The Bertz CT molecular complexity index is 1370. The highest BCUT2D eigenvalue weighted by molar-refractivity contribution is 6.08. The van der Waals surface area contributed by atoms with Gasteiger partial charge in [-0.25, -0.2) is 0 Å². The van der Waals surface area contributed by atoms with E-state index >= 15 is 0 Å². The third kappa shape index (κ3) is 5.28. The lowest BCUT2D eigenvalue weighted by Gasteiger charge is -2.21.